The van der Waals surface area contributed by atoms with Crippen LogP contribution < -0.4 is 0 Å². The Hall–Kier alpha value is -2.17. The zero-order chi connectivity index (χ0) is 23.0. The van der Waals surface area contributed by atoms with Crippen LogP contribution in [0.15, 0.2) is 59.1 Å². The molecule has 1 atom stereocenters. The summed E-state index contributed by atoms with van der Waals surface area (Å²) < 4.78 is 5.52. The van der Waals surface area contributed by atoms with Gasteiger partial charge >= 0.3 is 0 Å². The van der Waals surface area contributed by atoms with Crippen LogP contribution in [0.5, 0.6) is 0 Å². The molecule has 4 nitrogen and oxygen atoms in total. The van der Waals surface area contributed by atoms with Gasteiger partial charge < -0.3 is 9.42 Å². The molecule has 1 fully saturated rings. The molecule has 176 valence electrons. The molecule has 1 saturated carbocycles. The van der Waals surface area contributed by atoms with Gasteiger partial charge in [0, 0.05) is 23.9 Å². The van der Waals surface area contributed by atoms with Crippen LogP contribution in [-0.2, 0) is 19.3 Å². The molecule has 1 aliphatic carbocycles. The van der Waals surface area contributed by atoms with E-state index >= 15 is 0 Å². The number of rotatable bonds is 10. The summed E-state index contributed by atoms with van der Waals surface area (Å²) in [7, 11) is 4.50. The Balaban J connectivity index is 1.21. The summed E-state index contributed by atoms with van der Waals surface area (Å²) in [5.41, 5.74) is 2.60. The lowest BCUT2D eigenvalue weighted by Crippen LogP contribution is -2.37. The molecule has 0 spiro atoms. The van der Waals surface area contributed by atoms with Gasteiger partial charge in [-0.2, -0.15) is 4.98 Å². The first kappa shape index (κ1) is 24.0. The van der Waals surface area contributed by atoms with Crippen LogP contribution in [0.2, 0.25) is 5.02 Å². The van der Waals surface area contributed by atoms with E-state index in [1.54, 1.807) is 0 Å². The summed E-state index contributed by atoms with van der Waals surface area (Å²) in [6.07, 6.45) is 10.4. The summed E-state index contributed by atoms with van der Waals surface area (Å²) in [5, 5.41) is 4.92. The van der Waals surface area contributed by atoms with E-state index in [4.69, 9.17) is 16.1 Å². The first-order valence-corrected chi connectivity index (χ1v) is 12.7. The Morgan fingerprint density at radius 2 is 1.67 bits per heavy atom. The number of nitrogens with zero attached hydrogens (tertiary/aromatic N) is 3. The van der Waals surface area contributed by atoms with Crippen molar-refractivity contribution in [1.82, 2.24) is 15.0 Å². The van der Waals surface area contributed by atoms with E-state index < -0.39 is 0 Å². The van der Waals surface area contributed by atoms with Gasteiger partial charge in [0.1, 0.15) is 0 Å². The number of hydrogen-bond acceptors (Lipinski definition) is 4. The molecule has 0 bridgehead atoms. The molecule has 0 N–H and O–H groups in total. The van der Waals surface area contributed by atoms with E-state index in [1.807, 2.05) is 24.3 Å². The van der Waals surface area contributed by atoms with Crippen LogP contribution in [0.1, 0.15) is 61.4 Å². The van der Waals surface area contributed by atoms with E-state index in [9.17, 15) is 0 Å². The van der Waals surface area contributed by atoms with Crippen LogP contribution in [0, 0.1) is 11.8 Å². The van der Waals surface area contributed by atoms with Crippen molar-refractivity contribution in [1.29, 1.82) is 0 Å². The molecule has 0 amide bonds. The Kier molecular flexibility index (Phi) is 8.57. The largest absolute Gasteiger partial charge is 0.339 e. The number of halogens is 1. The van der Waals surface area contributed by atoms with Crippen molar-refractivity contribution in [3.63, 3.8) is 0 Å². The lowest BCUT2D eigenvalue weighted by atomic mass is 9.75. The number of aromatic nitrogens is 2. The summed E-state index contributed by atoms with van der Waals surface area (Å²) in [4.78, 5) is 7.07. The van der Waals surface area contributed by atoms with Gasteiger partial charge in [-0.05, 0) is 81.3 Å². The molecule has 1 aliphatic rings. The first-order valence-electron chi connectivity index (χ1n) is 12.3. The Morgan fingerprint density at radius 3 is 2.36 bits per heavy atom. The number of hydrogen-bond donors (Lipinski definition) is 0. The Bertz CT molecular complexity index is 962. The monoisotopic (exact) mass is 465 g/mol. The van der Waals surface area contributed by atoms with Crippen molar-refractivity contribution in [2.45, 2.75) is 63.8 Å². The Labute approximate surface area is 203 Å². The van der Waals surface area contributed by atoms with Crippen molar-refractivity contribution in [2.75, 3.05) is 14.1 Å². The molecule has 2 aromatic carbocycles. The second kappa shape index (κ2) is 11.8. The molecule has 3 aromatic rings. The lowest BCUT2D eigenvalue weighted by molar-refractivity contribution is 0.137. The van der Waals surface area contributed by atoms with Crippen molar-refractivity contribution in [3.8, 4) is 0 Å². The van der Waals surface area contributed by atoms with Crippen molar-refractivity contribution >= 4 is 11.6 Å². The molecule has 1 heterocycles. The fourth-order valence-electron chi connectivity index (χ4n) is 5.31. The second-order valence-electron chi connectivity index (χ2n) is 9.78. The highest BCUT2D eigenvalue weighted by molar-refractivity contribution is 6.30. The highest BCUT2D eigenvalue weighted by atomic mass is 35.5. The molecular weight excluding hydrogens is 430 g/mol. The third-order valence-electron chi connectivity index (χ3n) is 7.22. The third-order valence-corrected chi connectivity index (χ3v) is 7.47. The van der Waals surface area contributed by atoms with E-state index in [0.717, 1.165) is 47.0 Å². The van der Waals surface area contributed by atoms with E-state index in [1.165, 1.54) is 44.1 Å². The maximum absolute atomic E-state index is 5.96. The van der Waals surface area contributed by atoms with Crippen molar-refractivity contribution in [2.24, 2.45) is 11.8 Å². The zero-order valence-corrected chi connectivity index (χ0v) is 20.7. The smallest absolute Gasteiger partial charge is 0.226 e. The van der Waals surface area contributed by atoms with Crippen molar-refractivity contribution in [3.05, 3.63) is 82.5 Å². The van der Waals surface area contributed by atoms with E-state index in [-0.39, 0.29) is 0 Å². The molecule has 4 rings (SSSR count). The SMILES string of the molecule is CN(C)C(CCc1ccccc1)C1CCC(CCc2nc(Cc3ccc(Cl)cc3)no2)CC1. The predicted molar refractivity (Wildman–Crippen MR) is 135 cm³/mol. The second-order valence-corrected chi connectivity index (χ2v) is 10.2. The fraction of sp³-hybridized carbons (Fsp3) is 0.500. The van der Waals surface area contributed by atoms with E-state index in [0.29, 0.717) is 12.5 Å². The predicted octanol–water partition coefficient (Wildman–Crippen LogP) is 6.62. The zero-order valence-electron chi connectivity index (χ0n) is 19.9. The minimum Gasteiger partial charge on any atom is -0.339 e. The quantitative estimate of drug-likeness (QED) is 0.337. The fourth-order valence-corrected chi connectivity index (χ4v) is 5.44. The molecule has 1 aromatic heterocycles. The summed E-state index contributed by atoms with van der Waals surface area (Å²) in [5.74, 6) is 3.09. The third kappa shape index (κ3) is 7.15. The molecule has 0 aliphatic heterocycles. The van der Waals surface area contributed by atoms with E-state index in [2.05, 4.69) is 59.5 Å². The van der Waals surface area contributed by atoms with Gasteiger partial charge in [0.05, 0.1) is 0 Å². The normalized spacial score (nSPS) is 19.6. The molecule has 5 heteroatoms. The molecule has 0 radical (unpaired) electrons. The van der Waals surface area contributed by atoms with Crippen LogP contribution >= 0.6 is 11.6 Å². The summed E-state index contributed by atoms with van der Waals surface area (Å²) in [6.45, 7) is 0. The van der Waals surface area contributed by atoms with Gasteiger partial charge in [0.2, 0.25) is 5.89 Å². The average molecular weight is 466 g/mol. The minimum atomic E-state index is 0.664. The standard InChI is InChI=1S/C28H36ClN3O/c1-32(2)26(18-12-21-6-4-3-5-7-21)24-14-8-22(9-15-24)13-19-28-30-27(31-33-28)20-23-10-16-25(29)17-11-23/h3-7,10-11,16-17,22,24,26H,8-9,12-15,18-20H2,1-2H3. The van der Waals surface area contributed by atoms with Crippen LogP contribution in [-0.4, -0.2) is 35.2 Å². The minimum absolute atomic E-state index is 0.664. The summed E-state index contributed by atoms with van der Waals surface area (Å²) >= 11 is 5.96. The Morgan fingerprint density at radius 1 is 0.939 bits per heavy atom. The topological polar surface area (TPSA) is 42.2 Å². The summed E-state index contributed by atoms with van der Waals surface area (Å²) in [6, 6.07) is 19.4. The van der Waals surface area contributed by atoms with Gasteiger partial charge in [0.25, 0.3) is 0 Å². The number of aryl methyl sites for hydroxylation is 2. The van der Waals surface area contributed by atoms with Crippen LogP contribution in [0.3, 0.4) is 0 Å². The van der Waals surface area contributed by atoms with Gasteiger partial charge in [0.15, 0.2) is 5.82 Å². The van der Waals surface area contributed by atoms with Crippen molar-refractivity contribution < 1.29 is 4.52 Å². The molecule has 1 unspecified atom stereocenters. The van der Waals surface area contributed by atoms with Gasteiger partial charge in [-0.15, -0.1) is 0 Å². The maximum atomic E-state index is 5.96. The average Bonchev–Trinajstić information content (AvgIpc) is 3.28. The molecular formula is C28H36ClN3O. The van der Waals surface area contributed by atoms with Gasteiger partial charge in [-0.1, -0.05) is 72.1 Å². The van der Waals surface area contributed by atoms with Gasteiger partial charge in [-0.25, -0.2) is 0 Å². The number of benzene rings is 2. The highest BCUT2D eigenvalue weighted by Crippen LogP contribution is 2.35. The maximum Gasteiger partial charge on any atom is 0.226 e. The molecule has 0 saturated heterocycles. The first-order chi connectivity index (χ1) is 16.1. The lowest BCUT2D eigenvalue weighted by Gasteiger charge is -2.37. The van der Waals surface area contributed by atoms with Crippen LogP contribution in [0.25, 0.3) is 0 Å². The molecule has 33 heavy (non-hydrogen) atoms. The highest BCUT2D eigenvalue weighted by Gasteiger charge is 2.28. The van der Waals surface area contributed by atoms with Gasteiger partial charge in [-0.3, -0.25) is 0 Å². The van der Waals surface area contributed by atoms with Crippen LogP contribution in [0.4, 0.5) is 0 Å².